The quantitative estimate of drug-likeness (QED) is 0.693. The van der Waals surface area contributed by atoms with Gasteiger partial charge in [0, 0.05) is 5.39 Å². The SMILES string of the molecule is COc1ccc2oc(C)c(C(=O)Nc3nnc(NS(C)(=O)=O)s3)c2c1. The van der Waals surface area contributed by atoms with E-state index in [4.69, 9.17) is 9.15 Å². The average Bonchev–Trinajstić information content (AvgIpc) is 3.07. The second-order valence-corrected chi connectivity index (χ2v) is 7.86. The zero-order valence-corrected chi connectivity index (χ0v) is 15.1. The van der Waals surface area contributed by atoms with Crippen molar-refractivity contribution in [2.75, 3.05) is 23.4 Å². The van der Waals surface area contributed by atoms with E-state index in [0.29, 0.717) is 28.0 Å². The second kappa shape index (κ2) is 6.33. The van der Waals surface area contributed by atoms with E-state index in [1.807, 2.05) is 0 Å². The number of aryl methyl sites for hydroxylation is 1. The number of anilines is 2. The fraction of sp³-hybridized carbons (Fsp3) is 0.214. The van der Waals surface area contributed by atoms with Crippen LogP contribution in [0.15, 0.2) is 22.6 Å². The first-order chi connectivity index (χ1) is 11.8. The number of furan rings is 1. The van der Waals surface area contributed by atoms with Crippen LogP contribution in [-0.2, 0) is 10.0 Å². The predicted molar refractivity (Wildman–Crippen MR) is 93.8 cm³/mol. The number of methoxy groups -OCH3 is 1. The summed E-state index contributed by atoms with van der Waals surface area (Å²) in [5, 5.41) is 10.8. The Labute approximate surface area is 147 Å². The van der Waals surface area contributed by atoms with E-state index in [0.717, 1.165) is 17.6 Å². The van der Waals surface area contributed by atoms with E-state index < -0.39 is 15.9 Å². The van der Waals surface area contributed by atoms with Crippen LogP contribution < -0.4 is 14.8 Å². The number of rotatable bonds is 5. The van der Waals surface area contributed by atoms with Gasteiger partial charge < -0.3 is 9.15 Å². The van der Waals surface area contributed by atoms with Crippen molar-refractivity contribution < 1.29 is 22.4 Å². The van der Waals surface area contributed by atoms with Gasteiger partial charge in [-0.05, 0) is 25.1 Å². The molecular weight excluding hydrogens is 368 g/mol. The summed E-state index contributed by atoms with van der Waals surface area (Å²) < 4.78 is 35.3. The van der Waals surface area contributed by atoms with Crippen molar-refractivity contribution >= 4 is 48.5 Å². The molecule has 3 rings (SSSR count). The van der Waals surface area contributed by atoms with Gasteiger partial charge in [0.25, 0.3) is 5.91 Å². The van der Waals surface area contributed by atoms with Gasteiger partial charge in [0.1, 0.15) is 17.1 Å². The van der Waals surface area contributed by atoms with E-state index >= 15 is 0 Å². The predicted octanol–water partition coefficient (Wildman–Crippen LogP) is 2.23. The molecule has 0 radical (unpaired) electrons. The van der Waals surface area contributed by atoms with Crippen LogP contribution in [-0.4, -0.2) is 37.9 Å². The third-order valence-electron chi connectivity index (χ3n) is 3.22. The van der Waals surface area contributed by atoms with Crippen molar-refractivity contribution in [1.29, 1.82) is 0 Å². The Morgan fingerprint density at radius 1 is 1.28 bits per heavy atom. The zero-order chi connectivity index (χ0) is 18.2. The maximum absolute atomic E-state index is 12.6. The van der Waals surface area contributed by atoms with Crippen LogP contribution in [0.5, 0.6) is 5.75 Å². The first kappa shape index (κ1) is 17.2. The lowest BCUT2D eigenvalue weighted by Gasteiger charge is -2.02. The maximum Gasteiger partial charge on any atom is 0.261 e. The van der Waals surface area contributed by atoms with E-state index in [1.54, 1.807) is 25.1 Å². The summed E-state index contributed by atoms with van der Waals surface area (Å²) in [7, 11) is -1.93. The monoisotopic (exact) mass is 382 g/mol. The van der Waals surface area contributed by atoms with Crippen LogP contribution in [0.4, 0.5) is 10.3 Å². The summed E-state index contributed by atoms with van der Waals surface area (Å²) >= 11 is 0.905. The average molecular weight is 382 g/mol. The van der Waals surface area contributed by atoms with E-state index in [1.165, 1.54) is 7.11 Å². The second-order valence-electron chi connectivity index (χ2n) is 5.14. The van der Waals surface area contributed by atoms with Gasteiger partial charge in [-0.1, -0.05) is 11.3 Å². The molecule has 132 valence electrons. The van der Waals surface area contributed by atoms with Gasteiger partial charge in [0.15, 0.2) is 0 Å². The minimum atomic E-state index is -3.46. The fourth-order valence-electron chi connectivity index (χ4n) is 2.24. The van der Waals surface area contributed by atoms with E-state index in [9.17, 15) is 13.2 Å². The van der Waals surface area contributed by atoms with E-state index in [2.05, 4.69) is 20.2 Å². The molecule has 0 saturated heterocycles. The zero-order valence-electron chi connectivity index (χ0n) is 13.5. The highest BCUT2D eigenvalue weighted by atomic mass is 32.2. The fourth-order valence-corrected chi connectivity index (χ4v) is 3.71. The maximum atomic E-state index is 12.6. The molecule has 0 atom stereocenters. The van der Waals surface area contributed by atoms with Gasteiger partial charge in [-0.15, -0.1) is 10.2 Å². The number of amides is 1. The van der Waals surface area contributed by atoms with Gasteiger partial charge in [0.05, 0.1) is 18.9 Å². The highest BCUT2D eigenvalue weighted by molar-refractivity contribution is 7.92. The van der Waals surface area contributed by atoms with Crippen LogP contribution >= 0.6 is 11.3 Å². The van der Waals surface area contributed by atoms with Gasteiger partial charge in [0.2, 0.25) is 20.3 Å². The molecule has 0 aliphatic heterocycles. The number of ether oxygens (including phenoxy) is 1. The Bertz CT molecular complexity index is 1050. The third kappa shape index (κ3) is 3.72. The number of hydrogen-bond donors (Lipinski definition) is 2. The number of carbonyl (C=O) groups excluding carboxylic acids is 1. The largest absolute Gasteiger partial charge is 0.497 e. The van der Waals surface area contributed by atoms with Crippen LogP contribution in [0.1, 0.15) is 16.1 Å². The summed E-state index contributed by atoms with van der Waals surface area (Å²) in [6.07, 6.45) is 1.00. The molecule has 11 heteroatoms. The molecule has 1 amide bonds. The summed E-state index contributed by atoms with van der Waals surface area (Å²) in [5.74, 6) is 0.601. The first-order valence-corrected chi connectivity index (χ1v) is 9.67. The minimum absolute atomic E-state index is 0.0632. The Morgan fingerprint density at radius 3 is 2.68 bits per heavy atom. The van der Waals surface area contributed by atoms with Gasteiger partial charge in [-0.3, -0.25) is 14.8 Å². The lowest BCUT2D eigenvalue weighted by molar-refractivity contribution is 0.102. The molecule has 3 aromatic rings. The topological polar surface area (TPSA) is 123 Å². The Hall–Kier alpha value is -2.66. The molecule has 0 fully saturated rings. The van der Waals surface area contributed by atoms with Crippen molar-refractivity contribution in [2.24, 2.45) is 0 Å². The van der Waals surface area contributed by atoms with Gasteiger partial charge in [-0.2, -0.15) is 0 Å². The molecule has 1 aromatic carbocycles. The van der Waals surface area contributed by atoms with Crippen LogP contribution in [0.3, 0.4) is 0 Å². The number of nitrogens with zero attached hydrogens (tertiary/aromatic N) is 2. The standard InChI is InChI=1S/C14H14N4O5S2/c1-7-11(9-6-8(22-2)4-5-10(9)23-7)12(19)15-13-16-17-14(24-13)18-25(3,20)21/h4-6H,1-3H3,(H,17,18)(H,15,16,19). The lowest BCUT2D eigenvalue weighted by atomic mass is 10.1. The molecule has 25 heavy (non-hydrogen) atoms. The molecule has 0 aliphatic rings. The first-order valence-electron chi connectivity index (χ1n) is 6.96. The van der Waals surface area contributed by atoms with E-state index in [-0.39, 0.29) is 10.3 Å². The smallest absolute Gasteiger partial charge is 0.261 e. The number of hydrogen-bond acceptors (Lipinski definition) is 8. The molecular formula is C14H14N4O5S2. The normalized spacial score (nSPS) is 11.5. The highest BCUT2D eigenvalue weighted by Crippen LogP contribution is 2.30. The van der Waals surface area contributed by atoms with Crippen molar-refractivity contribution in [1.82, 2.24) is 10.2 Å². The summed E-state index contributed by atoms with van der Waals surface area (Å²) in [5.41, 5.74) is 0.905. The molecule has 0 aliphatic carbocycles. The highest BCUT2D eigenvalue weighted by Gasteiger charge is 2.20. The number of aromatic nitrogens is 2. The molecule has 2 heterocycles. The summed E-state index contributed by atoms with van der Waals surface area (Å²) in [4.78, 5) is 12.6. The third-order valence-corrected chi connectivity index (χ3v) is 4.66. The van der Waals surface area contributed by atoms with Crippen molar-refractivity contribution in [2.45, 2.75) is 6.92 Å². The number of nitrogens with one attached hydrogen (secondary N) is 2. The number of benzene rings is 1. The number of sulfonamides is 1. The van der Waals surface area contributed by atoms with Crippen LogP contribution in [0, 0.1) is 6.92 Å². The molecule has 0 spiro atoms. The molecule has 2 N–H and O–H groups in total. The molecule has 2 aromatic heterocycles. The summed E-state index contributed by atoms with van der Waals surface area (Å²) in [6, 6.07) is 5.16. The molecule has 0 saturated carbocycles. The van der Waals surface area contributed by atoms with Crippen LogP contribution in [0.25, 0.3) is 11.0 Å². The number of carbonyl (C=O) groups is 1. The Morgan fingerprint density at radius 2 is 2.00 bits per heavy atom. The van der Waals surface area contributed by atoms with Crippen molar-refractivity contribution in [3.8, 4) is 5.75 Å². The van der Waals surface area contributed by atoms with Crippen molar-refractivity contribution in [3.63, 3.8) is 0 Å². The Kier molecular flexibility index (Phi) is 4.35. The van der Waals surface area contributed by atoms with Crippen LogP contribution in [0.2, 0.25) is 0 Å². The lowest BCUT2D eigenvalue weighted by Crippen LogP contribution is -2.12. The van der Waals surface area contributed by atoms with Gasteiger partial charge >= 0.3 is 0 Å². The molecule has 9 nitrogen and oxygen atoms in total. The Balaban J connectivity index is 1.89. The summed E-state index contributed by atoms with van der Waals surface area (Å²) in [6.45, 7) is 1.68. The van der Waals surface area contributed by atoms with Crippen molar-refractivity contribution in [3.05, 3.63) is 29.5 Å². The minimum Gasteiger partial charge on any atom is -0.497 e. The molecule has 0 bridgehead atoms. The van der Waals surface area contributed by atoms with Gasteiger partial charge in [-0.25, -0.2) is 8.42 Å². The molecule has 0 unspecified atom stereocenters. The number of fused-ring (bicyclic) bond motifs is 1.